The first-order valence-corrected chi connectivity index (χ1v) is 13.5. The van der Waals surface area contributed by atoms with E-state index in [0.29, 0.717) is 43.6 Å². The monoisotopic (exact) mass is 481 g/mol. The Morgan fingerprint density at radius 1 is 1.18 bits per heavy atom. The lowest BCUT2D eigenvalue weighted by molar-refractivity contribution is 0.0939. The van der Waals surface area contributed by atoms with E-state index in [1.54, 1.807) is 0 Å². The van der Waals surface area contributed by atoms with Gasteiger partial charge in [-0.25, -0.2) is 22.2 Å². The molecule has 6 nitrogen and oxygen atoms in total. The number of hydrogen-bond donors (Lipinski definition) is 1. The van der Waals surface area contributed by atoms with Crippen molar-refractivity contribution in [2.75, 3.05) is 12.8 Å². The zero-order chi connectivity index (χ0) is 24.3. The number of hydrogen-bond acceptors (Lipinski definition) is 4. The summed E-state index contributed by atoms with van der Waals surface area (Å²) in [4.78, 5) is 17.0. The van der Waals surface area contributed by atoms with Gasteiger partial charge in [-0.15, -0.1) is 0 Å². The molecule has 0 saturated heterocycles. The average Bonchev–Trinajstić information content (AvgIpc) is 3.14. The van der Waals surface area contributed by atoms with Gasteiger partial charge >= 0.3 is 0 Å². The molecule has 1 fully saturated rings. The van der Waals surface area contributed by atoms with E-state index in [0.717, 1.165) is 12.8 Å². The van der Waals surface area contributed by atoms with Crippen molar-refractivity contribution in [3.05, 3.63) is 47.0 Å². The van der Waals surface area contributed by atoms with Gasteiger partial charge in [0.05, 0.1) is 5.25 Å². The van der Waals surface area contributed by atoms with Gasteiger partial charge in [-0.2, -0.15) is 0 Å². The largest absolute Gasteiger partial charge is 0.350 e. The molecule has 0 spiro atoms. The number of nitrogens with one attached hydrogen (secondary N) is 1. The maximum Gasteiger partial charge on any atom is 0.271 e. The van der Waals surface area contributed by atoms with E-state index in [9.17, 15) is 22.0 Å². The van der Waals surface area contributed by atoms with Crippen LogP contribution in [0.2, 0.25) is 0 Å². The van der Waals surface area contributed by atoms with E-state index in [1.165, 1.54) is 29.2 Å². The van der Waals surface area contributed by atoms with Crippen LogP contribution in [0.15, 0.2) is 18.3 Å². The Kier molecular flexibility index (Phi) is 7.92. The minimum atomic E-state index is -3.03. The van der Waals surface area contributed by atoms with Gasteiger partial charge in [-0.1, -0.05) is 20.8 Å². The molecule has 0 aliphatic heterocycles. The number of carbonyl (C=O) groups excluding carboxylic acids is 1. The summed E-state index contributed by atoms with van der Waals surface area (Å²) in [7, 11) is -3.03. The van der Waals surface area contributed by atoms with Crippen LogP contribution in [0.5, 0.6) is 0 Å². The minimum Gasteiger partial charge on any atom is -0.350 e. The molecule has 1 aliphatic carbocycles. The highest BCUT2D eigenvalue weighted by molar-refractivity contribution is 7.91. The average molecular weight is 482 g/mol. The van der Waals surface area contributed by atoms with Gasteiger partial charge in [-0.05, 0) is 61.6 Å². The first kappa shape index (κ1) is 25.3. The van der Waals surface area contributed by atoms with Crippen molar-refractivity contribution in [1.29, 1.82) is 0 Å². The molecule has 1 aliphatic rings. The predicted octanol–water partition coefficient (Wildman–Crippen LogP) is 4.24. The smallest absolute Gasteiger partial charge is 0.271 e. The lowest BCUT2D eigenvalue weighted by atomic mass is 9.89. The van der Waals surface area contributed by atoms with Crippen LogP contribution in [-0.2, 0) is 22.7 Å². The molecule has 1 aromatic heterocycles. The summed E-state index contributed by atoms with van der Waals surface area (Å²) in [5.41, 5.74) is 0.456. The molecular formula is C24H33F2N3O3S. The van der Waals surface area contributed by atoms with Crippen LogP contribution in [0.3, 0.4) is 0 Å². The Bertz CT molecular complexity index is 1080. The number of aromatic nitrogens is 2. The zero-order valence-corrected chi connectivity index (χ0v) is 20.5. The Balaban J connectivity index is 1.72. The molecule has 3 rings (SSSR count). The lowest BCUT2D eigenvalue weighted by Crippen LogP contribution is -2.34. The molecule has 2 aromatic rings. The first-order chi connectivity index (χ1) is 15.5. The van der Waals surface area contributed by atoms with Crippen molar-refractivity contribution >= 4 is 15.7 Å². The molecule has 1 saturated carbocycles. The van der Waals surface area contributed by atoms with Gasteiger partial charge in [0.1, 0.15) is 27.0 Å². The van der Waals surface area contributed by atoms with Crippen LogP contribution in [0, 0.1) is 23.5 Å². The fourth-order valence-electron chi connectivity index (χ4n) is 4.50. The van der Waals surface area contributed by atoms with E-state index in [-0.39, 0.29) is 28.5 Å². The maximum atomic E-state index is 14.8. The number of nitrogens with zero attached hydrogens (tertiary/aromatic N) is 2. The molecule has 0 radical (unpaired) electrons. The van der Waals surface area contributed by atoms with Crippen molar-refractivity contribution in [2.45, 2.75) is 64.5 Å². The van der Waals surface area contributed by atoms with Gasteiger partial charge in [0.2, 0.25) is 0 Å². The predicted molar refractivity (Wildman–Crippen MR) is 124 cm³/mol. The summed E-state index contributed by atoms with van der Waals surface area (Å²) in [6.07, 6.45) is 6.26. The number of aryl methyl sites for hydroxylation is 1. The molecule has 182 valence electrons. The van der Waals surface area contributed by atoms with Crippen LogP contribution in [0.4, 0.5) is 8.78 Å². The standard InChI is InChI=1S/C24H33F2N3O3S/c1-5-22-28-21(24(30)27-13-16-6-8-18(9-7-16)33(4,31)32)14-29(22)23-19(25)11-17(10-15(2)3)12-20(23)26/h11-12,14-16,18H,5-10,13H2,1-4H3,(H,27,30). The molecule has 1 amide bonds. The molecule has 0 atom stereocenters. The van der Waals surface area contributed by atoms with Gasteiger partial charge in [-0.3, -0.25) is 9.36 Å². The fourth-order valence-corrected chi connectivity index (χ4v) is 5.63. The highest BCUT2D eigenvalue weighted by Gasteiger charge is 2.28. The van der Waals surface area contributed by atoms with Crippen LogP contribution >= 0.6 is 0 Å². The summed E-state index contributed by atoms with van der Waals surface area (Å²) in [6, 6.07) is 2.68. The Morgan fingerprint density at radius 2 is 1.79 bits per heavy atom. The van der Waals surface area contributed by atoms with Crippen LogP contribution in [0.25, 0.3) is 5.69 Å². The number of sulfone groups is 1. The van der Waals surface area contributed by atoms with Gasteiger partial charge in [0.25, 0.3) is 5.91 Å². The third kappa shape index (κ3) is 6.19. The van der Waals surface area contributed by atoms with E-state index >= 15 is 0 Å². The van der Waals surface area contributed by atoms with Crippen molar-refractivity contribution < 1.29 is 22.0 Å². The van der Waals surface area contributed by atoms with Crippen LogP contribution in [0.1, 0.15) is 68.3 Å². The molecule has 1 aromatic carbocycles. The number of imidazole rings is 1. The fraction of sp³-hybridized carbons (Fsp3) is 0.583. The second-order valence-corrected chi connectivity index (χ2v) is 11.8. The lowest BCUT2D eigenvalue weighted by Gasteiger charge is -2.27. The van der Waals surface area contributed by atoms with E-state index < -0.39 is 27.4 Å². The van der Waals surface area contributed by atoms with E-state index in [1.807, 2.05) is 20.8 Å². The maximum absolute atomic E-state index is 14.8. The highest BCUT2D eigenvalue weighted by atomic mass is 32.2. The number of amides is 1. The topological polar surface area (TPSA) is 81.1 Å². The third-order valence-electron chi connectivity index (χ3n) is 6.24. The molecule has 33 heavy (non-hydrogen) atoms. The summed E-state index contributed by atoms with van der Waals surface area (Å²) >= 11 is 0. The number of rotatable bonds is 8. The second kappa shape index (κ2) is 10.3. The number of benzene rings is 1. The molecule has 1 heterocycles. The Labute approximate surface area is 194 Å². The van der Waals surface area contributed by atoms with Crippen molar-refractivity contribution in [3.63, 3.8) is 0 Å². The van der Waals surface area contributed by atoms with E-state index in [2.05, 4.69) is 10.3 Å². The van der Waals surface area contributed by atoms with Crippen molar-refractivity contribution in [3.8, 4) is 5.69 Å². The minimum absolute atomic E-state index is 0.0988. The van der Waals surface area contributed by atoms with Crippen molar-refractivity contribution in [1.82, 2.24) is 14.9 Å². The number of carbonyl (C=O) groups is 1. The number of halogens is 2. The quantitative estimate of drug-likeness (QED) is 0.611. The van der Waals surface area contributed by atoms with E-state index in [4.69, 9.17) is 0 Å². The van der Waals surface area contributed by atoms with Gasteiger partial charge < -0.3 is 5.32 Å². The summed E-state index contributed by atoms with van der Waals surface area (Å²) in [5, 5.41) is 2.54. The third-order valence-corrected chi connectivity index (χ3v) is 7.92. The highest BCUT2D eigenvalue weighted by Crippen LogP contribution is 2.28. The molecule has 0 bridgehead atoms. The molecular weight excluding hydrogens is 448 g/mol. The molecule has 0 unspecified atom stereocenters. The normalized spacial score (nSPS) is 19.1. The van der Waals surface area contributed by atoms with Gasteiger partial charge in [0.15, 0.2) is 11.6 Å². The van der Waals surface area contributed by atoms with Gasteiger partial charge in [0, 0.05) is 25.4 Å². The summed E-state index contributed by atoms with van der Waals surface area (Å²) < 4.78 is 54.4. The van der Waals surface area contributed by atoms with Crippen molar-refractivity contribution in [2.24, 2.45) is 11.8 Å². The van der Waals surface area contributed by atoms with Crippen LogP contribution < -0.4 is 5.32 Å². The summed E-state index contributed by atoms with van der Waals surface area (Å²) in [6.45, 7) is 6.19. The molecule has 1 N–H and O–H groups in total. The van der Waals surface area contributed by atoms with Crippen LogP contribution in [-0.4, -0.2) is 41.9 Å². The SMILES string of the molecule is CCc1nc(C(=O)NCC2CCC(S(C)(=O)=O)CC2)cn1-c1c(F)cc(CC(C)C)cc1F. The second-order valence-electron chi connectivity index (χ2n) is 9.45. The summed E-state index contributed by atoms with van der Waals surface area (Å²) in [5.74, 6) is -0.928. The Morgan fingerprint density at radius 3 is 2.30 bits per heavy atom. The zero-order valence-electron chi connectivity index (χ0n) is 19.7. The Hall–Kier alpha value is -2.29. The first-order valence-electron chi connectivity index (χ1n) is 11.5. The molecule has 9 heteroatoms.